The molecule has 7 heteroatoms. The van der Waals surface area contributed by atoms with Gasteiger partial charge in [0.15, 0.2) is 0 Å². The maximum atomic E-state index is 13.3. The molecule has 0 aliphatic heterocycles. The summed E-state index contributed by atoms with van der Waals surface area (Å²) in [5, 5.41) is 0. The van der Waals surface area contributed by atoms with Crippen molar-refractivity contribution in [3.05, 3.63) is 54.0 Å². The monoisotopic (exact) mass is 418 g/mol. The molecule has 0 N–H and O–H groups in total. The second kappa shape index (κ2) is 9.13. The summed E-state index contributed by atoms with van der Waals surface area (Å²) < 4.78 is 33.1. The first-order valence-corrected chi connectivity index (χ1v) is 11.6. The number of likely N-dealkylation sites (N-methyl/N-ethyl adjacent to an activating group) is 1. The summed E-state index contributed by atoms with van der Waals surface area (Å²) in [6, 6.07) is 10.3. The highest BCUT2D eigenvalue weighted by Gasteiger charge is 2.31. The maximum Gasteiger partial charge on any atom is 0.243 e. The highest BCUT2D eigenvalue weighted by molar-refractivity contribution is 7.89. The second-order valence-electron chi connectivity index (χ2n) is 8.08. The van der Waals surface area contributed by atoms with Gasteiger partial charge in [-0.05, 0) is 62.8 Å². The van der Waals surface area contributed by atoms with Crippen LogP contribution in [0.15, 0.2) is 52.0 Å². The summed E-state index contributed by atoms with van der Waals surface area (Å²) in [5.74, 6) is 1.00. The van der Waals surface area contributed by atoms with Gasteiger partial charge in [0.2, 0.25) is 15.9 Å². The molecule has 1 aromatic carbocycles. The van der Waals surface area contributed by atoms with Crippen LogP contribution in [0.3, 0.4) is 0 Å². The van der Waals surface area contributed by atoms with E-state index in [0.29, 0.717) is 11.7 Å². The SMILES string of the molecule is Cc1ccc(S(=O)(=O)N(CC(=O)N(C)C2CCC(C)CC2)Cc2ccco2)cc1. The summed E-state index contributed by atoms with van der Waals surface area (Å²) in [4.78, 5) is 14.9. The quantitative estimate of drug-likeness (QED) is 0.685. The Balaban J connectivity index is 1.79. The second-order valence-corrected chi connectivity index (χ2v) is 10.0. The number of carbonyl (C=O) groups is 1. The van der Waals surface area contributed by atoms with E-state index in [-0.39, 0.29) is 29.9 Å². The lowest BCUT2D eigenvalue weighted by Crippen LogP contribution is -2.45. The fourth-order valence-electron chi connectivity index (χ4n) is 3.76. The zero-order valence-corrected chi connectivity index (χ0v) is 18.2. The van der Waals surface area contributed by atoms with Gasteiger partial charge in [0, 0.05) is 13.1 Å². The van der Waals surface area contributed by atoms with Crippen molar-refractivity contribution < 1.29 is 17.6 Å². The first-order valence-electron chi connectivity index (χ1n) is 10.1. The van der Waals surface area contributed by atoms with Gasteiger partial charge in [-0.15, -0.1) is 0 Å². The number of carbonyl (C=O) groups excluding carboxylic acids is 1. The Morgan fingerprint density at radius 2 is 1.76 bits per heavy atom. The number of nitrogens with zero attached hydrogens (tertiary/aromatic N) is 2. The molecular formula is C22H30N2O4S. The van der Waals surface area contributed by atoms with Crippen molar-refractivity contribution >= 4 is 15.9 Å². The van der Waals surface area contributed by atoms with Crippen molar-refractivity contribution in [1.29, 1.82) is 0 Å². The third kappa shape index (κ3) is 5.28. The van der Waals surface area contributed by atoms with Crippen molar-refractivity contribution in [1.82, 2.24) is 9.21 Å². The van der Waals surface area contributed by atoms with E-state index in [1.54, 1.807) is 48.3 Å². The molecule has 1 aliphatic rings. The molecule has 1 fully saturated rings. The fraction of sp³-hybridized carbons (Fsp3) is 0.500. The first-order chi connectivity index (χ1) is 13.8. The topological polar surface area (TPSA) is 70.8 Å². The van der Waals surface area contributed by atoms with Crippen LogP contribution in [0.4, 0.5) is 0 Å². The maximum absolute atomic E-state index is 13.3. The van der Waals surface area contributed by atoms with Crippen LogP contribution in [0.2, 0.25) is 0 Å². The van der Waals surface area contributed by atoms with Gasteiger partial charge in [-0.25, -0.2) is 8.42 Å². The molecule has 29 heavy (non-hydrogen) atoms. The summed E-state index contributed by atoms with van der Waals surface area (Å²) in [6.45, 7) is 3.95. The third-order valence-corrected chi connectivity index (χ3v) is 7.62. The molecule has 1 aromatic heterocycles. The molecular weight excluding hydrogens is 388 g/mol. The van der Waals surface area contributed by atoms with E-state index in [9.17, 15) is 13.2 Å². The standard InChI is InChI=1S/C22H30N2O4S/c1-17-6-10-19(11-7-17)23(3)22(25)16-24(15-20-5-4-14-28-20)29(26,27)21-12-8-18(2)9-13-21/h4-5,8-9,12-14,17,19H,6-7,10-11,15-16H2,1-3H3. The van der Waals surface area contributed by atoms with E-state index < -0.39 is 10.0 Å². The molecule has 2 aromatic rings. The van der Waals surface area contributed by atoms with Gasteiger partial charge in [0.1, 0.15) is 5.76 Å². The lowest BCUT2D eigenvalue weighted by atomic mass is 9.87. The zero-order chi connectivity index (χ0) is 21.0. The number of amides is 1. The Labute approximate surface area is 173 Å². The van der Waals surface area contributed by atoms with Crippen LogP contribution in [0.25, 0.3) is 0 Å². The van der Waals surface area contributed by atoms with E-state index in [2.05, 4.69) is 6.92 Å². The van der Waals surface area contributed by atoms with Crippen molar-refractivity contribution in [2.24, 2.45) is 5.92 Å². The largest absolute Gasteiger partial charge is 0.468 e. The normalized spacial score (nSPS) is 20.0. The Kier molecular flexibility index (Phi) is 6.80. The van der Waals surface area contributed by atoms with Crippen LogP contribution in [0.1, 0.15) is 43.9 Å². The molecule has 158 valence electrons. The molecule has 1 amide bonds. The minimum absolute atomic E-state index is 0.0183. The molecule has 1 heterocycles. The van der Waals surface area contributed by atoms with Gasteiger partial charge in [-0.3, -0.25) is 4.79 Å². The molecule has 3 rings (SSSR count). The van der Waals surface area contributed by atoms with E-state index in [1.165, 1.54) is 10.6 Å². The van der Waals surface area contributed by atoms with Crippen LogP contribution in [-0.4, -0.2) is 43.2 Å². The summed E-state index contributed by atoms with van der Waals surface area (Å²) in [6.07, 6.45) is 5.63. The van der Waals surface area contributed by atoms with Crippen LogP contribution >= 0.6 is 0 Å². The van der Waals surface area contributed by atoms with E-state index in [0.717, 1.165) is 31.2 Å². The van der Waals surface area contributed by atoms with Gasteiger partial charge < -0.3 is 9.32 Å². The van der Waals surface area contributed by atoms with Crippen LogP contribution in [0.5, 0.6) is 0 Å². The van der Waals surface area contributed by atoms with E-state index >= 15 is 0 Å². The summed E-state index contributed by atoms with van der Waals surface area (Å²) in [7, 11) is -2.05. The zero-order valence-electron chi connectivity index (χ0n) is 17.4. The lowest BCUT2D eigenvalue weighted by molar-refractivity contribution is -0.133. The average Bonchev–Trinajstić information content (AvgIpc) is 3.21. The van der Waals surface area contributed by atoms with Gasteiger partial charge in [-0.2, -0.15) is 4.31 Å². The summed E-state index contributed by atoms with van der Waals surface area (Å²) in [5.41, 5.74) is 0.976. The number of benzene rings is 1. The lowest BCUT2D eigenvalue weighted by Gasteiger charge is -2.34. The van der Waals surface area contributed by atoms with E-state index in [4.69, 9.17) is 4.42 Å². The van der Waals surface area contributed by atoms with Gasteiger partial charge in [0.25, 0.3) is 0 Å². The van der Waals surface area contributed by atoms with Crippen LogP contribution in [0, 0.1) is 12.8 Å². The number of furan rings is 1. The molecule has 0 unspecified atom stereocenters. The van der Waals surface area contributed by atoms with Crippen molar-refractivity contribution in [3.63, 3.8) is 0 Å². The van der Waals surface area contributed by atoms with Crippen molar-refractivity contribution in [3.8, 4) is 0 Å². The molecule has 1 saturated carbocycles. The molecule has 0 saturated heterocycles. The predicted molar refractivity (Wildman–Crippen MR) is 112 cm³/mol. The van der Waals surface area contributed by atoms with E-state index in [1.807, 2.05) is 6.92 Å². The summed E-state index contributed by atoms with van der Waals surface area (Å²) >= 11 is 0. The average molecular weight is 419 g/mol. The number of hydrogen-bond donors (Lipinski definition) is 0. The Morgan fingerprint density at radius 1 is 1.10 bits per heavy atom. The Bertz CT molecular complexity index is 899. The van der Waals surface area contributed by atoms with Gasteiger partial charge in [-0.1, -0.05) is 24.6 Å². The highest BCUT2D eigenvalue weighted by Crippen LogP contribution is 2.27. The van der Waals surface area contributed by atoms with Crippen molar-refractivity contribution in [2.75, 3.05) is 13.6 Å². The third-order valence-electron chi connectivity index (χ3n) is 5.81. The minimum atomic E-state index is -3.84. The molecule has 0 spiro atoms. The van der Waals surface area contributed by atoms with Crippen LogP contribution in [-0.2, 0) is 21.4 Å². The molecule has 0 atom stereocenters. The van der Waals surface area contributed by atoms with Gasteiger partial charge >= 0.3 is 0 Å². The Hall–Kier alpha value is -2.12. The smallest absolute Gasteiger partial charge is 0.243 e. The fourth-order valence-corrected chi connectivity index (χ4v) is 5.11. The van der Waals surface area contributed by atoms with Gasteiger partial charge in [0.05, 0.1) is 24.2 Å². The highest BCUT2D eigenvalue weighted by atomic mass is 32.2. The number of hydrogen-bond acceptors (Lipinski definition) is 4. The number of sulfonamides is 1. The first kappa shape index (κ1) is 21.6. The molecule has 6 nitrogen and oxygen atoms in total. The predicted octanol–water partition coefficient (Wildman–Crippen LogP) is 3.82. The number of aryl methyl sites for hydroxylation is 1. The molecule has 0 radical (unpaired) electrons. The minimum Gasteiger partial charge on any atom is -0.468 e. The Morgan fingerprint density at radius 3 is 2.34 bits per heavy atom. The number of rotatable bonds is 7. The molecule has 0 bridgehead atoms. The van der Waals surface area contributed by atoms with Crippen molar-refractivity contribution in [2.45, 2.75) is 57.0 Å². The molecule has 1 aliphatic carbocycles. The van der Waals surface area contributed by atoms with Crippen LogP contribution < -0.4 is 0 Å².